The van der Waals surface area contributed by atoms with Crippen LogP contribution in [0.2, 0.25) is 10.0 Å². The molecule has 0 spiro atoms. The molecule has 0 bridgehead atoms. The minimum Gasteiger partial charge on any atom is -0.503 e. The number of benzene rings is 2. The van der Waals surface area contributed by atoms with Crippen molar-refractivity contribution in [3.05, 3.63) is 62.8 Å². The van der Waals surface area contributed by atoms with Crippen LogP contribution < -0.4 is 0 Å². The summed E-state index contributed by atoms with van der Waals surface area (Å²) in [5, 5.41) is 9.78. The minimum absolute atomic E-state index is 0.100. The van der Waals surface area contributed by atoms with E-state index in [1.54, 1.807) is 0 Å². The van der Waals surface area contributed by atoms with Crippen LogP contribution in [0, 0.1) is 18.6 Å². The maximum absolute atomic E-state index is 14.6. The number of fused-ring (bicyclic) bond motifs is 1. The number of phenols is 1. The first-order chi connectivity index (χ1) is 13.2. The molecule has 3 rings (SSSR count). The van der Waals surface area contributed by atoms with Crippen molar-refractivity contribution in [2.45, 2.75) is 13.3 Å². The largest absolute Gasteiger partial charge is 0.503 e. The van der Waals surface area contributed by atoms with Crippen LogP contribution in [0.5, 0.6) is 5.75 Å². The number of carbonyl (C=O) groups excluding carboxylic acids is 2. The summed E-state index contributed by atoms with van der Waals surface area (Å²) in [5.41, 5.74) is 0.275. The number of esters is 1. The summed E-state index contributed by atoms with van der Waals surface area (Å²) in [6, 6.07) is 4.98. The molecule has 28 heavy (non-hydrogen) atoms. The van der Waals surface area contributed by atoms with Gasteiger partial charge in [0.1, 0.15) is 0 Å². The van der Waals surface area contributed by atoms with Crippen LogP contribution >= 0.6 is 23.2 Å². The molecule has 1 heterocycles. The second-order valence-electron chi connectivity index (χ2n) is 6.00. The van der Waals surface area contributed by atoms with Crippen molar-refractivity contribution >= 4 is 46.0 Å². The number of phenolic OH excluding ortho intramolecular Hbond substituents is 1. The van der Waals surface area contributed by atoms with E-state index in [2.05, 4.69) is 4.74 Å². The monoisotopic (exact) mass is 427 g/mol. The van der Waals surface area contributed by atoms with Gasteiger partial charge in [-0.1, -0.05) is 23.2 Å². The summed E-state index contributed by atoms with van der Waals surface area (Å²) in [5.74, 6) is -5.03. The Morgan fingerprint density at radius 3 is 2.46 bits per heavy atom. The summed E-state index contributed by atoms with van der Waals surface area (Å²) in [6.45, 7) is 1.47. The van der Waals surface area contributed by atoms with Gasteiger partial charge in [-0.25, -0.2) is 8.78 Å². The van der Waals surface area contributed by atoms with Gasteiger partial charge in [0, 0.05) is 22.7 Å². The lowest BCUT2D eigenvalue weighted by atomic mass is 10.1. The lowest BCUT2D eigenvalue weighted by Gasteiger charge is -2.09. The van der Waals surface area contributed by atoms with Crippen LogP contribution in [0.4, 0.5) is 8.78 Å². The number of aromatic hydroxyl groups is 1. The summed E-state index contributed by atoms with van der Waals surface area (Å²) < 4.78 is 34.3. The van der Waals surface area contributed by atoms with Crippen molar-refractivity contribution in [1.82, 2.24) is 4.57 Å². The molecule has 146 valence electrons. The number of rotatable bonds is 3. The highest BCUT2D eigenvalue weighted by molar-refractivity contribution is 6.42. The van der Waals surface area contributed by atoms with E-state index in [1.165, 1.54) is 25.1 Å². The van der Waals surface area contributed by atoms with Gasteiger partial charge < -0.3 is 9.84 Å². The first-order valence-corrected chi connectivity index (χ1v) is 8.70. The van der Waals surface area contributed by atoms with Gasteiger partial charge in [-0.2, -0.15) is 0 Å². The molecule has 0 aliphatic heterocycles. The fourth-order valence-corrected chi connectivity index (χ4v) is 3.31. The molecular formula is C19H13Cl2F2NO4. The predicted molar refractivity (Wildman–Crippen MR) is 100 cm³/mol. The zero-order valence-electron chi connectivity index (χ0n) is 14.6. The quantitative estimate of drug-likeness (QED) is 0.617. The number of carbonyl (C=O) groups is 2. The highest BCUT2D eigenvalue weighted by Crippen LogP contribution is 2.36. The van der Waals surface area contributed by atoms with Gasteiger partial charge >= 0.3 is 5.97 Å². The molecular weight excluding hydrogens is 415 g/mol. The van der Waals surface area contributed by atoms with E-state index in [-0.39, 0.29) is 44.2 Å². The van der Waals surface area contributed by atoms with Crippen molar-refractivity contribution in [3.8, 4) is 5.75 Å². The number of halogens is 4. The first kappa shape index (κ1) is 20.1. The second-order valence-corrected chi connectivity index (χ2v) is 6.82. The molecule has 0 amide bonds. The Hall–Kier alpha value is -2.64. The molecule has 3 aromatic rings. The molecule has 0 aliphatic rings. The fourth-order valence-electron chi connectivity index (χ4n) is 3.01. The van der Waals surface area contributed by atoms with Crippen LogP contribution in [0.3, 0.4) is 0 Å². The highest BCUT2D eigenvalue weighted by Gasteiger charge is 2.27. The maximum atomic E-state index is 14.6. The van der Waals surface area contributed by atoms with E-state index < -0.39 is 29.3 Å². The summed E-state index contributed by atoms with van der Waals surface area (Å²) >= 11 is 11.8. The Bertz CT molecular complexity index is 1140. The highest BCUT2D eigenvalue weighted by atomic mass is 35.5. The second kappa shape index (κ2) is 7.41. The minimum atomic E-state index is -1.27. The van der Waals surface area contributed by atoms with E-state index in [0.717, 1.165) is 17.7 Å². The molecule has 0 radical (unpaired) electrons. The standard InChI is InChI=1S/C19H13Cl2F2NO4/c1-8-10(6-15(25)28-2)16-14(7-13(22)18(26)17(16)23)24(8)19(27)9-3-4-11(20)12(21)5-9/h3-5,7,26H,6H2,1-2H3. The van der Waals surface area contributed by atoms with Crippen molar-refractivity contribution in [2.75, 3.05) is 7.11 Å². The summed E-state index contributed by atoms with van der Waals surface area (Å²) in [6.07, 6.45) is -0.373. The summed E-state index contributed by atoms with van der Waals surface area (Å²) in [4.78, 5) is 24.8. The number of methoxy groups -OCH3 is 1. The van der Waals surface area contributed by atoms with Crippen molar-refractivity contribution in [1.29, 1.82) is 0 Å². The van der Waals surface area contributed by atoms with Crippen LogP contribution in [0.1, 0.15) is 21.6 Å². The summed E-state index contributed by atoms with van der Waals surface area (Å²) in [7, 11) is 1.16. The van der Waals surface area contributed by atoms with Crippen LogP contribution in [0.15, 0.2) is 24.3 Å². The molecule has 0 atom stereocenters. The van der Waals surface area contributed by atoms with Gasteiger partial charge in [-0.3, -0.25) is 14.2 Å². The van der Waals surface area contributed by atoms with Gasteiger partial charge in [0.05, 0.1) is 29.1 Å². The van der Waals surface area contributed by atoms with E-state index in [1.807, 2.05) is 0 Å². The smallest absolute Gasteiger partial charge is 0.310 e. The van der Waals surface area contributed by atoms with Crippen molar-refractivity contribution < 1.29 is 28.2 Å². The van der Waals surface area contributed by atoms with Crippen LogP contribution in [0.25, 0.3) is 10.9 Å². The normalized spacial score (nSPS) is 11.1. The molecule has 2 aromatic carbocycles. The Morgan fingerprint density at radius 1 is 1.18 bits per heavy atom. The van der Waals surface area contributed by atoms with E-state index in [9.17, 15) is 23.5 Å². The van der Waals surface area contributed by atoms with E-state index in [4.69, 9.17) is 23.2 Å². The lowest BCUT2D eigenvalue weighted by molar-refractivity contribution is -0.139. The molecule has 0 saturated carbocycles. The van der Waals surface area contributed by atoms with Crippen LogP contribution in [-0.4, -0.2) is 28.7 Å². The Labute approximate surface area is 168 Å². The molecule has 9 heteroatoms. The Balaban J connectivity index is 2.33. The number of hydrogen-bond acceptors (Lipinski definition) is 4. The third kappa shape index (κ3) is 3.21. The number of hydrogen-bond donors (Lipinski definition) is 1. The number of nitrogens with zero attached hydrogens (tertiary/aromatic N) is 1. The molecule has 0 aliphatic carbocycles. The lowest BCUT2D eigenvalue weighted by Crippen LogP contribution is -2.14. The van der Waals surface area contributed by atoms with Crippen LogP contribution in [-0.2, 0) is 16.0 Å². The zero-order chi connectivity index (χ0) is 20.7. The molecule has 1 aromatic heterocycles. The molecule has 1 N–H and O–H groups in total. The molecule has 5 nitrogen and oxygen atoms in total. The average molecular weight is 428 g/mol. The maximum Gasteiger partial charge on any atom is 0.310 e. The van der Waals surface area contributed by atoms with Crippen molar-refractivity contribution in [2.24, 2.45) is 0 Å². The van der Waals surface area contributed by atoms with Gasteiger partial charge in [-0.05, 0) is 30.7 Å². The Kier molecular flexibility index (Phi) is 5.32. The molecule has 0 saturated heterocycles. The Morgan fingerprint density at radius 2 is 1.86 bits per heavy atom. The van der Waals surface area contributed by atoms with Gasteiger partial charge in [0.2, 0.25) is 0 Å². The van der Waals surface area contributed by atoms with E-state index >= 15 is 0 Å². The third-order valence-electron chi connectivity index (χ3n) is 4.41. The van der Waals surface area contributed by atoms with Crippen molar-refractivity contribution in [3.63, 3.8) is 0 Å². The van der Waals surface area contributed by atoms with Gasteiger partial charge in [0.25, 0.3) is 5.91 Å². The average Bonchev–Trinajstić information content (AvgIpc) is 2.92. The third-order valence-corrected chi connectivity index (χ3v) is 5.15. The molecule has 0 unspecified atom stereocenters. The van der Waals surface area contributed by atoms with Gasteiger partial charge in [0.15, 0.2) is 17.4 Å². The molecule has 0 fully saturated rings. The number of aromatic nitrogens is 1. The number of ether oxygens (including phenoxy) is 1. The zero-order valence-corrected chi connectivity index (χ0v) is 16.2. The SMILES string of the molecule is COC(=O)Cc1c(C)n(C(=O)c2ccc(Cl)c(Cl)c2)c2cc(F)c(O)c(F)c12. The predicted octanol–water partition coefficient (Wildman–Crippen LogP) is 4.64. The fraction of sp³-hybridized carbons (Fsp3) is 0.158. The first-order valence-electron chi connectivity index (χ1n) is 7.94. The topological polar surface area (TPSA) is 68.5 Å². The van der Waals surface area contributed by atoms with E-state index in [0.29, 0.717) is 0 Å². The van der Waals surface area contributed by atoms with Gasteiger partial charge in [-0.15, -0.1) is 0 Å².